The highest BCUT2D eigenvalue weighted by molar-refractivity contribution is 5.96. The monoisotopic (exact) mass is 407 g/mol. The molecule has 0 unspecified atom stereocenters. The zero-order valence-electron chi connectivity index (χ0n) is 15.5. The first-order chi connectivity index (χ1) is 14.4. The molecule has 0 aliphatic carbocycles. The molecule has 2 aromatic carbocycles. The average molecular weight is 407 g/mol. The quantitative estimate of drug-likeness (QED) is 0.514. The first kappa shape index (κ1) is 19.3. The van der Waals surface area contributed by atoms with Crippen LogP contribution in [0.2, 0.25) is 0 Å². The summed E-state index contributed by atoms with van der Waals surface area (Å²) in [6.07, 6.45) is 2.60. The normalized spacial score (nSPS) is 10.9. The van der Waals surface area contributed by atoms with Crippen LogP contribution in [0, 0.1) is 11.8 Å². The number of fused-ring (bicyclic) bond motifs is 1. The van der Waals surface area contributed by atoms with Gasteiger partial charge in [-0.2, -0.15) is 4.39 Å². The molecule has 0 saturated heterocycles. The minimum absolute atomic E-state index is 0.0973. The Bertz CT molecular complexity index is 1300. The van der Waals surface area contributed by atoms with E-state index in [2.05, 4.69) is 4.98 Å². The van der Waals surface area contributed by atoms with Crippen molar-refractivity contribution in [2.45, 2.75) is 6.61 Å². The number of aromatic nitrogens is 2. The summed E-state index contributed by atoms with van der Waals surface area (Å²) >= 11 is 0. The molecule has 0 aliphatic rings. The van der Waals surface area contributed by atoms with Crippen molar-refractivity contribution in [2.24, 2.45) is 5.73 Å². The number of pyridine rings is 2. The molecule has 2 heterocycles. The number of carbonyl (C=O) groups excluding carboxylic acids is 1. The molecule has 0 saturated carbocycles. The van der Waals surface area contributed by atoms with E-state index < -0.39 is 23.1 Å². The number of hydrogen-bond acceptors (Lipinski definition) is 4. The number of primary amides is 1. The summed E-state index contributed by atoms with van der Waals surface area (Å²) in [6, 6.07) is 13.3. The van der Waals surface area contributed by atoms with Gasteiger partial charge in [0.1, 0.15) is 23.7 Å². The summed E-state index contributed by atoms with van der Waals surface area (Å²) < 4.78 is 33.4. The van der Waals surface area contributed by atoms with Gasteiger partial charge in [-0.05, 0) is 54.1 Å². The highest BCUT2D eigenvalue weighted by atomic mass is 19.1. The van der Waals surface area contributed by atoms with Gasteiger partial charge in [0, 0.05) is 17.3 Å². The molecule has 0 fully saturated rings. The largest absolute Gasteiger partial charge is 0.487 e. The van der Waals surface area contributed by atoms with Crippen molar-refractivity contribution >= 4 is 16.8 Å². The lowest BCUT2D eigenvalue weighted by Gasteiger charge is -2.14. The van der Waals surface area contributed by atoms with Crippen LogP contribution in [0.4, 0.5) is 8.78 Å². The molecular formula is C22H15F2N3O3. The molecule has 6 nitrogen and oxygen atoms in total. The fraction of sp³-hybridized carbons (Fsp3) is 0.0455. The topological polar surface area (TPSA) is 87.2 Å². The van der Waals surface area contributed by atoms with Crippen LogP contribution >= 0.6 is 0 Å². The van der Waals surface area contributed by atoms with Crippen molar-refractivity contribution in [3.8, 4) is 11.4 Å². The van der Waals surface area contributed by atoms with Crippen LogP contribution in [-0.2, 0) is 6.61 Å². The molecule has 0 atom stereocenters. The van der Waals surface area contributed by atoms with Gasteiger partial charge in [-0.25, -0.2) is 9.37 Å². The van der Waals surface area contributed by atoms with Crippen LogP contribution < -0.4 is 15.9 Å². The van der Waals surface area contributed by atoms with E-state index in [1.807, 2.05) is 0 Å². The number of carbonyl (C=O) groups is 1. The van der Waals surface area contributed by atoms with Crippen molar-refractivity contribution in [1.29, 1.82) is 0 Å². The molecule has 0 bridgehead atoms. The fourth-order valence-electron chi connectivity index (χ4n) is 3.07. The van der Waals surface area contributed by atoms with E-state index in [-0.39, 0.29) is 17.6 Å². The van der Waals surface area contributed by atoms with Crippen LogP contribution in [0.3, 0.4) is 0 Å². The van der Waals surface area contributed by atoms with E-state index >= 15 is 0 Å². The van der Waals surface area contributed by atoms with Crippen molar-refractivity contribution in [3.05, 3.63) is 100 Å². The smallest absolute Gasteiger partial charge is 0.254 e. The van der Waals surface area contributed by atoms with Crippen LogP contribution in [0.15, 0.2) is 71.8 Å². The SMILES string of the molecule is NC(=O)c1cn(-c2ccc(F)cc2)c2ccc(COc3ccc(F)nc3)cc2c1=O. The number of benzene rings is 2. The van der Waals surface area contributed by atoms with Gasteiger partial charge in [-0.1, -0.05) is 6.07 Å². The lowest BCUT2D eigenvalue weighted by Crippen LogP contribution is -2.24. The lowest BCUT2D eigenvalue weighted by molar-refractivity contribution is 0.0999. The van der Waals surface area contributed by atoms with Crippen molar-refractivity contribution in [2.75, 3.05) is 0 Å². The van der Waals surface area contributed by atoms with E-state index in [9.17, 15) is 18.4 Å². The van der Waals surface area contributed by atoms with Crippen LogP contribution in [0.25, 0.3) is 16.6 Å². The van der Waals surface area contributed by atoms with E-state index in [1.165, 1.54) is 48.8 Å². The van der Waals surface area contributed by atoms with Gasteiger partial charge >= 0.3 is 0 Å². The third-order valence-corrected chi connectivity index (χ3v) is 4.54. The molecule has 8 heteroatoms. The molecule has 0 spiro atoms. The molecule has 4 rings (SSSR count). The van der Waals surface area contributed by atoms with E-state index in [0.717, 1.165) is 0 Å². The van der Waals surface area contributed by atoms with Crippen LogP contribution in [0.5, 0.6) is 5.75 Å². The predicted molar refractivity (Wildman–Crippen MR) is 107 cm³/mol. The Balaban J connectivity index is 1.79. The van der Waals surface area contributed by atoms with E-state index in [4.69, 9.17) is 10.5 Å². The zero-order chi connectivity index (χ0) is 21.3. The van der Waals surface area contributed by atoms with Gasteiger partial charge in [-0.15, -0.1) is 0 Å². The maximum absolute atomic E-state index is 13.3. The van der Waals surface area contributed by atoms with Gasteiger partial charge in [0.25, 0.3) is 5.91 Å². The van der Waals surface area contributed by atoms with E-state index in [0.29, 0.717) is 22.5 Å². The lowest BCUT2D eigenvalue weighted by atomic mass is 10.1. The number of nitrogens with two attached hydrogens (primary N) is 1. The summed E-state index contributed by atoms with van der Waals surface area (Å²) in [5.74, 6) is -1.52. The first-order valence-corrected chi connectivity index (χ1v) is 8.91. The third-order valence-electron chi connectivity index (χ3n) is 4.54. The number of halogens is 2. The van der Waals surface area contributed by atoms with Gasteiger partial charge in [-0.3, -0.25) is 9.59 Å². The number of hydrogen-bond donors (Lipinski definition) is 1. The second-order valence-corrected chi connectivity index (χ2v) is 6.54. The number of nitrogens with zero attached hydrogens (tertiary/aromatic N) is 2. The summed E-state index contributed by atoms with van der Waals surface area (Å²) in [4.78, 5) is 28.1. The van der Waals surface area contributed by atoms with Gasteiger partial charge < -0.3 is 15.0 Å². The fourth-order valence-corrected chi connectivity index (χ4v) is 3.07. The molecule has 0 aliphatic heterocycles. The van der Waals surface area contributed by atoms with Gasteiger partial charge in [0.15, 0.2) is 0 Å². The molecular weight excluding hydrogens is 392 g/mol. The maximum Gasteiger partial charge on any atom is 0.254 e. The van der Waals surface area contributed by atoms with Crippen LogP contribution in [-0.4, -0.2) is 15.5 Å². The average Bonchev–Trinajstić information content (AvgIpc) is 2.74. The van der Waals surface area contributed by atoms with Crippen LogP contribution in [0.1, 0.15) is 15.9 Å². The summed E-state index contributed by atoms with van der Waals surface area (Å²) in [5.41, 5.74) is 6.41. The van der Waals surface area contributed by atoms with Gasteiger partial charge in [0.2, 0.25) is 11.4 Å². The van der Waals surface area contributed by atoms with E-state index in [1.54, 1.807) is 22.8 Å². The third kappa shape index (κ3) is 3.75. The Morgan fingerprint density at radius 2 is 1.83 bits per heavy atom. The summed E-state index contributed by atoms with van der Waals surface area (Å²) in [6.45, 7) is 0.0973. The Morgan fingerprint density at radius 3 is 2.50 bits per heavy atom. The highest BCUT2D eigenvalue weighted by Crippen LogP contribution is 2.21. The summed E-state index contributed by atoms with van der Waals surface area (Å²) in [5, 5.41) is 0.258. The van der Waals surface area contributed by atoms with Gasteiger partial charge in [0.05, 0.1) is 11.7 Å². The second kappa shape index (κ2) is 7.75. The second-order valence-electron chi connectivity index (χ2n) is 6.54. The molecule has 1 amide bonds. The Labute approximate surface area is 169 Å². The molecule has 30 heavy (non-hydrogen) atoms. The highest BCUT2D eigenvalue weighted by Gasteiger charge is 2.15. The summed E-state index contributed by atoms with van der Waals surface area (Å²) in [7, 11) is 0. The van der Waals surface area contributed by atoms with Crippen molar-refractivity contribution in [1.82, 2.24) is 9.55 Å². The molecule has 2 N–H and O–H groups in total. The minimum Gasteiger partial charge on any atom is -0.487 e. The Morgan fingerprint density at radius 1 is 1.07 bits per heavy atom. The number of rotatable bonds is 5. The molecule has 0 radical (unpaired) electrons. The molecule has 150 valence electrons. The number of ether oxygens (including phenoxy) is 1. The zero-order valence-corrected chi connectivity index (χ0v) is 15.5. The first-order valence-electron chi connectivity index (χ1n) is 8.91. The molecule has 4 aromatic rings. The standard InChI is InChI=1S/C22H15F2N3O3/c23-14-2-4-15(5-3-14)27-11-18(22(25)29)21(28)17-9-13(1-7-19(17)27)12-30-16-6-8-20(24)26-10-16/h1-11H,12H2,(H2,25,29). The van der Waals surface area contributed by atoms with Crippen molar-refractivity contribution < 1.29 is 18.3 Å². The Hall–Kier alpha value is -4.07. The molecule has 2 aromatic heterocycles. The number of amides is 1. The predicted octanol–water partition coefficient (Wildman–Crippen LogP) is 3.34. The Kier molecular flexibility index (Phi) is 4.97. The maximum atomic E-state index is 13.3. The minimum atomic E-state index is -0.864. The van der Waals surface area contributed by atoms with Crippen molar-refractivity contribution in [3.63, 3.8) is 0 Å².